The molecule has 2 atom stereocenters. The van der Waals surface area contributed by atoms with Gasteiger partial charge in [0.2, 0.25) is 0 Å². The molecule has 2 fully saturated rings. The Labute approximate surface area is 282 Å². The number of benzene rings is 1. The van der Waals surface area contributed by atoms with Gasteiger partial charge in [0.05, 0.1) is 60.9 Å². The molecule has 0 amide bonds. The van der Waals surface area contributed by atoms with E-state index < -0.39 is 0 Å². The standard InChI is InChI=1S/C42H80N3/c1-40(2,3)34-37-21-23-38(24-22-37)35-43(8,9)36-39-20-19-33-45(39,11)32-15-12-13-25-41(4,5)27-28-42(6,7)26-14-16-29-44(10)30-17-18-31-44/h21-24,39H,12-20,25-36H2,1-11H3/q+3. The fourth-order valence-electron chi connectivity index (χ4n) is 8.87. The van der Waals surface area contributed by atoms with Crippen molar-refractivity contribution in [2.45, 2.75) is 151 Å². The highest BCUT2D eigenvalue weighted by molar-refractivity contribution is 5.22. The van der Waals surface area contributed by atoms with Crippen molar-refractivity contribution in [1.82, 2.24) is 0 Å². The van der Waals surface area contributed by atoms with E-state index in [0.717, 1.165) is 23.5 Å². The first-order valence-electron chi connectivity index (χ1n) is 19.4. The third-order valence-corrected chi connectivity index (χ3v) is 12.1. The summed E-state index contributed by atoms with van der Waals surface area (Å²) in [5, 5.41) is 0. The second-order valence-electron chi connectivity index (χ2n) is 20.1. The molecule has 0 N–H and O–H groups in total. The summed E-state index contributed by atoms with van der Waals surface area (Å²) < 4.78 is 3.75. The van der Waals surface area contributed by atoms with Gasteiger partial charge in [0.25, 0.3) is 0 Å². The zero-order valence-electron chi connectivity index (χ0n) is 32.6. The maximum atomic E-state index is 2.58. The Balaban J connectivity index is 1.34. The lowest BCUT2D eigenvalue weighted by Crippen LogP contribution is -2.56. The zero-order valence-corrected chi connectivity index (χ0v) is 32.6. The van der Waals surface area contributed by atoms with Crippen molar-refractivity contribution >= 4 is 0 Å². The number of likely N-dealkylation sites (N-methyl/N-ethyl adjacent to an activating group) is 2. The van der Waals surface area contributed by atoms with Crippen LogP contribution in [0.25, 0.3) is 0 Å². The second-order valence-corrected chi connectivity index (χ2v) is 20.1. The van der Waals surface area contributed by atoms with E-state index in [0.29, 0.717) is 16.2 Å². The molecule has 2 aliphatic heterocycles. The van der Waals surface area contributed by atoms with Crippen molar-refractivity contribution in [3.05, 3.63) is 35.4 Å². The molecule has 0 aromatic heterocycles. The largest absolute Gasteiger partial charge is 0.326 e. The zero-order chi connectivity index (χ0) is 33.4. The maximum absolute atomic E-state index is 2.58. The fourth-order valence-corrected chi connectivity index (χ4v) is 8.87. The van der Waals surface area contributed by atoms with Crippen LogP contribution in [0.5, 0.6) is 0 Å². The van der Waals surface area contributed by atoms with Crippen LogP contribution in [0.3, 0.4) is 0 Å². The van der Waals surface area contributed by atoms with Gasteiger partial charge in [-0.2, -0.15) is 0 Å². The number of hydrogen-bond acceptors (Lipinski definition) is 0. The highest BCUT2D eigenvalue weighted by Gasteiger charge is 2.41. The van der Waals surface area contributed by atoms with Crippen LogP contribution in [-0.2, 0) is 13.0 Å². The van der Waals surface area contributed by atoms with Crippen LogP contribution >= 0.6 is 0 Å². The molecule has 0 bridgehead atoms. The third-order valence-electron chi connectivity index (χ3n) is 12.1. The van der Waals surface area contributed by atoms with Crippen molar-refractivity contribution in [3.8, 4) is 0 Å². The number of likely N-dealkylation sites (tertiary alicyclic amines) is 2. The van der Waals surface area contributed by atoms with Crippen LogP contribution < -0.4 is 0 Å². The minimum absolute atomic E-state index is 0.348. The van der Waals surface area contributed by atoms with Crippen molar-refractivity contribution in [2.24, 2.45) is 16.2 Å². The number of quaternary nitrogens is 3. The number of rotatable bonds is 19. The lowest BCUT2D eigenvalue weighted by Gasteiger charge is -2.41. The topological polar surface area (TPSA) is 0 Å². The Hall–Kier alpha value is -0.900. The average Bonchev–Trinajstić information content (AvgIpc) is 3.51. The van der Waals surface area contributed by atoms with Gasteiger partial charge in [0.15, 0.2) is 0 Å². The first-order valence-corrected chi connectivity index (χ1v) is 19.4. The summed E-state index contributed by atoms with van der Waals surface area (Å²) in [6.07, 6.45) is 19.5. The molecule has 3 heteroatoms. The molecule has 1 aromatic carbocycles. The Kier molecular flexibility index (Phi) is 13.7. The molecule has 45 heavy (non-hydrogen) atoms. The molecule has 0 aliphatic carbocycles. The van der Waals surface area contributed by atoms with Crippen LogP contribution in [-0.4, -0.2) is 87.0 Å². The van der Waals surface area contributed by atoms with E-state index in [1.54, 1.807) is 0 Å². The van der Waals surface area contributed by atoms with E-state index >= 15 is 0 Å². The van der Waals surface area contributed by atoms with E-state index in [9.17, 15) is 0 Å². The monoisotopic (exact) mass is 627 g/mol. The smallest absolute Gasteiger partial charge is 0.139 e. The van der Waals surface area contributed by atoms with E-state index in [-0.39, 0.29) is 0 Å². The third kappa shape index (κ3) is 14.0. The van der Waals surface area contributed by atoms with Gasteiger partial charge in [-0.25, -0.2) is 0 Å². The average molecular weight is 627 g/mol. The molecule has 0 spiro atoms. The maximum Gasteiger partial charge on any atom is 0.139 e. The first-order chi connectivity index (χ1) is 20.8. The van der Waals surface area contributed by atoms with Gasteiger partial charge in [-0.3, -0.25) is 0 Å². The van der Waals surface area contributed by atoms with Gasteiger partial charge < -0.3 is 13.4 Å². The number of unbranched alkanes of at least 4 members (excludes halogenated alkanes) is 3. The SMILES string of the molecule is CC(C)(C)Cc1ccc(C[N+](C)(C)CC2CCC[N+]2(C)CCCCCC(C)(C)CCC(C)(C)CCCC[N+]2(C)CCCC2)cc1. The van der Waals surface area contributed by atoms with Gasteiger partial charge in [-0.1, -0.05) is 79.2 Å². The van der Waals surface area contributed by atoms with E-state index in [2.05, 4.69) is 101 Å². The normalized spacial score (nSPS) is 22.8. The summed E-state index contributed by atoms with van der Waals surface area (Å²) in [5.41, 5.74) is 4.28. The Bertz CT molecular complexity index is 992. The van der Waals surface area contributed by atoms with Gasteiger partial charge in [-0.05, 0) is 79.6 Å². The number of hydrogen-bond donors (Lipinski definition) is 0. The first kappa shape index (κ1) is 38.5. The Morgan fingerprint density at radius 2 is 1.18 bits per heavy atom. The lowest BCUT2D eigenvalue weighted by atomic mass is 9.74. The van der Waals surface area contributed by atoms with E-state index in [4.69, 9.17) is 0 Å². The molecule has 2 heterocycles. The molecular formula is C42H80N3+3. The van der Waals surface area contributed by atoms with Gasteiger partial charge in [0, 0.05) is 31.2 Å². The number of nitrogens with zero attached hydrogens (tertiary/aromatic N) is 3. The van der Waals surface area contributed by atoms with Gasteiger partial charge in [-0.15, -0.1) is 0 Å². The van der Waals surface area contributed by atoms with Crippen LogP contribution in [0.1, 0.15) is 143 Å². The summed E-state index contributed by atoms with van der Waals surface area (Å²) in [7, 11) is 10.00. The second kappa shape index (κ2) is 16.0. The van der Waals surface area contributed by atoms with E-state index in [1.807, 2.05) is 0 Å². The molecule has 0 saturated carbocycles. The van der Waals surface area contributed by atoms with Crippen LogP contribution in [0.2, 0.25) is 0 Å². The fraction of sp³-hybridized carbons (Fsp3) is 0.857. The summed E-state index contributed by atoms with van der Waals surface area (Å²) in [6.45, 7) is 26.6. The molecule has 2 aliphatic rings. The van der Waals surface area contributed by atoms with E-state index in [1.165, 1.54) is 143 Å². The van der Waals surface area contributed by atoms with Gasteiger partial charge >= 0.3 is 0 Å². The quantitative estimate of drug-likeness (QED) is 0.106. The highest BCUT2D eigenvalue weighted by atomic mass is 15.4. The Morgan fingerprint density at radius 1 is 0.644 bits per heavy atom. The van der Waals surface area contributed by atoms with Crippen LogP contribution in [0.4, 0.5) is 0 Å². The lowest BCUT2D eigenvalue weighted by molar-refractivity contribution is -0.972. The summed E-state index contributed by atoms with van der Waals surface area (Å²) in [6, 6.07) is 10.3. The molecule has 3 nitrogen and oxygen atoms in total. The minimum atomic E-state index is 0.348. The van der Waals surface area contributed by atoms with Crippen LogP contribution in [0.15, 0.2) is 24.3 Å². The summed E-state index contributed by atoms with van der Waals surface area (Å²) >= 11 is 0. The molecule has 260 valence electrons. The van der Waals surface area contributed by atoms with Crippen molar-refractivity contribution in [1.29, 1.82) is 0 Å². The van der Waals surface area contributed by atoms with Crippen molar-refractivity contribution in [3.63, 3.8) is 0 Å². The summed E-state index contributed by atoms with van der Waals surface area (Å²) in [4.78, 5) is 0. The molecule has 2 unspecified atom stereocenters. The molecule has 3 rings (SSSR count). The molecular weight excluding hydrogens is 546 g/mol. The minimum Gasteiger partial charge on any atom is -0.326 e. The molecule has 1 aromatic rings. The summed E-state index contributed by atoms with van der Waals surface area (Å²) in [5.74, 6) is 0. The van der Waals surface area contributed by atoms with Crippen molar-refractivity contribution in [2.75, 3.05) is 67.5 Å². The predicted molar refractivity (Wildman–Crippen MR) is 198 cm³/mol. The predicted octanol–water partition coefficient (Wildman–Crippen LogP) is 10.3. The van der Waals surface area contributed by atoms with Gasteiger partial charge in [0.1, 0.15) is 19.1 Å². The van der Waals surface area contributed by atoms with Crippen molar-refractivity contribution < 1.29 is 13.4 Å². The molecule has 2 saturated heterocycles. The van der Waals surface area contributed by atoms with Crippen LogP contribution in [0, 0.1) is 16.2 Å². The highest BCUT2D eigenvalue weighted by Crippen LogP contribution is 2.38. The molecule has 0 radical (unpaired) electrons. The Morgan fingerprint density at radius 3 is 1.76 bits per heavy atom.